The Labute approximate surface area is 191 Å². The van der Waals surface area contributed by atoms with Crippen molar-refractivity contribution < 1.29 is 4.79 Å². The minimum absolute atomic E-state index is 0.139. The molecule has 3 aromatic heterocycles. The predicted molar refractivity (Wildman–Crippen MR) is 128 cm³/mol. The Kier molecular flexibility index (Phi) is 5.73. The van der Waals surface area contributed by atoms with Gasteiger partial charge in [0, 0.05) is 42.7 Å². The molecule has 0 bridgehead atoms. The smallest absolute Gasteiger partial charge is 0.274 e. The lowest BCUT2D eigenvalue weighted by atomic mass is 10.1. The van der Waals surface area contributed by atoms with Crippen molar-refractivity contribution in [2.75, 3.05) is 16.8 Å². The van der Waals surface area contributed by atoms with Crippen molar-refractivity contribution in [2.45, 2.75) is 32.4 Å². The lowest BCUT2D eigenvalue weighted by Crippen LogP contribution is -2.22. The maximum absolute atomic E-state index is 13.1. The van der Waals surface area contributed by atoms with Crippen LogP contribution in [0.1, 0.15) is 46.2 Å². The first-order valence-corrected chi connectivity index (χ1v) is 11.7. The summed E-state index contributed by atoms with van der Waals surface area (Å²) in [6.07, 6.45) is 7.74. The highest BCUT2D eigenvalue weighted by atomic mass is 32.1. The van der Waals surface area contributed by atoms with E-state index in [2.05, 4.69) is 44.8 Å². The maximum Gasteiger partial charge on any atom is 0.274 e. The van der Waals surface area contributed by atoms with E-state index >= 15 is 0 Å². The van der Waals surface area contributed by atoms with E-state index < -0.39 is 0 Å². The zero-order chi connectivity index (χ0) is 21.9. The van der Waals surface area contributed by atoms with Gasteiger partial charge in [0.2, 0.25) is 0 Å². The Bertz CT molecular complexity index is 1200. The van der Waals surface area contributed by atoms with Crippen LogP contribution in [-0.2, 0) is 6.54 Å². The van der Waals surface area contributed by atoms with Crippen molar-refractivity contribution in [3.8, 4) is 0 Å². The summed E-state index contributed by atoms with van der Waals surface area (Å²) < 4.78 is 1.97. The van der Waals surface area contributed by atoms with Crippen LogP contribution in [0.5, 0.6) is 0 Å². The van der Waals surface area contributed by atoms with Crippen molar-refractivity contribution >= 4 is 28.1 Å². The second kappa shape index (κ2) is 8.96. The number of anilines is 2. The third-order valence-electron chi connectivity index (χ3n) is 5.79. The number of hydrogen-bond acceptors (Lipinski definition) is 5. The van der Waals surface area contributed by atoms with Gasteiger partial charge in [-0.25, -0.2) is 4.98 Å². The maximum atomic E-state index is 13.1. The number of thiazole rings is 1. The van der Waals surface area contributed by atoms with Gasteiger partial charge in [-0.05, 0) is 61.2 Å². The molecule has 162 valence electrons. The topological polar surface area (TPSA) is 63.1 Å². The van der Waals surface area contributed by atoms with Crippen LogP contribution in [0, 0.1) is 6.92 Å². The van der Waals surface area contributed by atoms with Gasteiger partial charge in [-0.15, -0.1) is 11.3 Å². The Morgan fingerprint density at radius 3 is 2.81 bits per heavy atom. The van der Waals surface area contributed by atoms with E-state index in [4.69, 9.17) is 4.98 Å². The number of hydrogen-bond donors (Lipinski definition) is 1. The summed E-state index contributed by atoms with van der Waals surface area (Å²) >= 11 is 1.49. The van der Waals surface area contributed by atoms with Gasteiger partial charge in [0.25, 0.3) is 5.91 Å². The normalized spacial score (nSPS) is 15.8. The molecular formula is C25H25N5OS. The quantitative estimate of drug-likeness (QED) is 0.440. The fraction of sp³-hybridized carbons (Fsp3) is 0.240. The lowest BCUT2D eigenvalue weighted by Gasteiger charge is -2.25. The minimum Gasteiger partial charge on any atom is -0.363 e. The number of carbonyl (C=O) groups excluding carboxylic acids is 1. The van der Waals surface area contributed by atoms with Crippen LogP contribution < -0.4 is 10.2 Å². The molecule has 1 aliphatic heterocycles. The van der Waals surface area contributed by atoms with Crippen molar-refractivity contribution in [1.29, 1.82) is 0 Å². The van der Waals surface area contributed by atoms with Crippen molar-refractivity contribution in [3.05, 3.63) is 95.0 Å². The van der Waals surface area contributed by atoms with Crippen molar-refractivity contribution in [2.24, 2.45) is 0 Å². The second-order valence-corrected chi connectivity index (χ2v) is 8.96. The number of rotatable bonds is 6. The Morgan fingerprint density at radius 2 is 2.00 bits per heavy atom. The average molecular weight is 444 g/mol. The predicted octanol–water partition coefficient (Wildman–Crippen LogP) is 5.29. The third-order valence-corrected chi connectivity index (χ3v) is 6.57. The summed E-state index contributed by atoms with van der Waals surface area (Å²) in [5.41, 5.74) is 5.02. The van der Waals surface area contributed by atoms with E-state index in [1.165, 1.54) is 17.0 Å². The van der Waals surface area contributed by atoms with Crippen LogP contribution in [0.4, 0.5) is 10.8 Å². The van der Waals surface area contributed by atoms with Crippen molar-refractivity contribution in [1.82, 2.24) is 14.5 Å². The van der Waals surface area contributed by atoms with Crippen LogP contribution >= 0.6 is 11.3 Å². The van der Waals surface area contributed by atoms with E-state index in [9.17, 15) is 4.79 Å². The molecule has 0 radical (unpaired) electrons. The van der Waals surface area contributed by atoms with E-state index in [1.807, 2.05) is 42.0 Å². The monoisotopic (exact) mass is 443 g/mol. The Hall–Kier alpha value is -3.45. The Morgan fingerprint density at radius 1 is 1.19 bits per heavy atom. The van der Waals surface area contributed by atoms with Gasteiger partial charge in [-0.1, -0.05) is 18.2 Å². The molecule has 5 rings (SSSR count). The second-order valence-electron chi connectivity index (χ2n) is 8.10. The fourth-order valence-corrected chi connectivity index (χ4v) is 5.08. The van der Waals surface area contributed by atoms with Gasteiger partial charge < -0.3 is 9.47 Å². The number of benzene rings is 1. The van der Waals surface area contributed by atoms with Gasteiger partial charge in [-0.3, -0.25) is 15.1 Å². The number of nitrogens with one attached hydrogen (secondary N) is 1. The summed E-state index contributed by atoms with van der Waals surface area (Å²) in [4.78, 5) is 24.3. The molecule has 4 aromatic rings. The standard InChI is InChI=1S/C25H25N5OS/c1-18-14-23(29(15-18)16-19-9-11-26-12-10-19)24(31)28-25-27-21(17-32-25)22-8-5-13-30(22)20-6-3-2-4-7-20/h2-4,6-7,9-12,14-15,17,22H,5,8,13,16H2,1H3,(H,27,28,31). The SMILES string of the molecule is Cc1cc(C(=O)Nc2nc(C3CCCN3c3ccccc3)cs2)n(Cc2ccncc2)c1. The average Bonchev–Trinajstić information content (AvgIpc) is 3.55. The molecule has 32 heavy (non-hydrogen) atoms. The van der Waals surface area contributed by atoms with E-state index in [1.54, 1.807) is 12.4 Å². The molecule has 1 aliphatic rings. The first kappa shape index (κ1) is 20.5. The van der Waals surface area contributed by atoms with Gasteiger partial charge in [0.1, 0.15) is 5.69 Å². The number of nitrogens with zero attached hydrogens (tertiary/aromatic N) is 4. The minimum atomic E-state index is -0.139. The largest absolute Gasteiger partial charge is 0.363 e. The zero-order valence-corrected chi connectivity index (χ0v) is 18.8. The van der Waals surface area contributed by atoms with Gasteiger partial charge in [0.15, 0.2) is 5.13 Å². The van der Waals surface area contributed by atoms with Crippen LogP contribution in [0.3, 0.4) is 0 Å². The zero-order valence-electron chi connectivity index (χ0n) is 17.9. The molecule has 7 heteroatoms. The van der Waals surface area contributed by atoms with Gasteiger partial charge in [0.05, 0.1) is 11.7 Å². The molecule has 1 amide bonds. The number of aromatic nitrogens is 3. The van der Waals surface area contributed by atoms with Crippen molar-refractivity contribution in [3.63, 3.8) is 0 Å². The first-order chi connectivity index (χ1) is 15.7. The molecule has 0 saturated carbocycles. The highest BCUT2D eigenvalue weighted by Crippen LogP contribution is 2.37. The lowest BCUT2D eigenvalue weighted by molar-refractivity contribution is 0.101. The van der Waals surface area contributed by atoms with E-state index in [-0.39, 0.29) is 11.9 Å². The highest BCUT2D eigenvalue weighted by Gasteiger charge is 2.28. The third kappa shape index (κ3) is 4.29. The van der Waals surface area contributed by atoms with Gasteiger partial charge >= 0.3 is 0 Å². The highest BCUT2D eigenvalue weighted by molar-refractivity contribution is 7.14. The molecular weight excluding hydrogens is 418 g/mol. The molecule has 0 spiro atoms. The molecule has 6 nitrogen and oxygen atoms in total. The molecule has 4 heterocycles. The van der Waals surface area contributed by atoms with E-state index in [0.717, 1.165) is 36.2 Å². The summed E-state index contributed by atoms with van der Waals surface area (Å²) in [6, 6.07) is 16.6. The van der Waals surface area contributed by atoms with Crippen LogP contribution in [-0.4, -0.2) is 27.0 Å². The summed E-state index contributed by atoms with van der Waals surface area (Å²) in [5, 5.41) is 5.72. The number of aryl methyl sites for hydroxylation is 1. The summed E-state index contributed by atoms with van der Waals surface area (Å²) in [5.74, 6) is -0.139. The molecule has 1 fully saturated rings. The van der Waals surface area contributed by atoms with Crippen LogP contribution in [0.2, 0.25) is 0 Å². The summed E-state index contributed by atoms with van der Waals surface area (Å²) in [7, 11) is 0. The molecule has 1 atom stereocenters. The Balaban J connectivity index is 1.32. The van der Waals surface area contributed by atoms with E-state index in [0.29, 0.717) is 17.4 Å². The molecule has 1 saturated heterocycles. The number of amides is 1. The van der Waals surface area contributed by atoms with Crippen LogP contribution in [0.15, 0.2) is 72.5 Å². The fourth-order valence-electron chi connectivity index (χ4n) is 4.32. The molecule has 1 unspecified atom stereocenters. The number of carbonyl (C=O) groups is 1. The molecule has 1 aromatic carbocycles. The first-order valence-electron chi connectivity index (χ1n) is 10.8. The van der Waals surface area contributed by atoms with Gasteiger partial charge in [-0.2, -0.15) is 0 Å². The molecule has 0 aliphatic carbocycles. The molecule has 1 N–H and O–H groups in total. The summed E-state index contributed by atoms with van der Waals surface area (Å²) in [6.45, 7) is 3.64. The van der Waals surface area contributed by atoms with Crippen LogP contribution in [0.25, 0.3) is 0 Å². The number of pyridine rings is 1. The number of para-hydroxylation sites is 1.